The molecule has 0 aromatic heterocycles. The highest BCUT2D eigenvalue weighted by molar-refractivity contribution is 5.27. The molecule has 1 aliphatic rings. The number of hydrogen-bond donors (Lipinski definition) is 1. The van der Waals surface area contributed by atoms with Crippen molar-refractivity contribution in [3.05, 3.63) is 84.0 Å². The molecule has 1 saturated carbocycles. The third kappa shape index (κ3) is 9.79. The van der Waals surface area contributed by atoms with E-state index < -0.39 is 0 Å². The van der Waals surface area contributed by atoms with E-state index in [-0.39, 0.29) is 0 Å². The van der Waals surface area contributed by atoms with Crippen LogP contribution in [0.1, 0.15) is 104 Å². The summed E-state index contributed by atoms with van der Waals surface area (Å²) in [5.74, 6) is 1.35. The van der Waals surface area contributed by atoms with Crippen LogP contribution in [-0.4, -0.2) is 12.6 Å². The predicted molar refractivity (Wildman–Crippen MR) is 152 cm³/mol. The summed E-state index contributed by atoms with van der Waals surface area (Å²) >= 11 is 0. The van der Waals surface area contributed by atoms with Crippen molar-refractivity contribution in [3.63, 3.8) is 0 Å². The van der Waals surface area contributed by atoms with Gasteiger partial charge in [0.05, 0.1) is 0 Å². The lowest BCUT2D eigenvalue weighted by Gasteiger charge is -2.45. The molecule has 0 radical (unpaired) electrons. The van der Waals surface area contributed by atoms with Crippen LogP contribution in [0.25, 0.3) is 0 Å². The average molecular weight is 462 g/mol. The molecule has 1 N–H and O–H groups in total. The molecule has 1 heteroatoms. The average Bonchev–Trinajstić information content (AvgIpc) is 2.79. The maximum Gasteiger partial charge on any atom is 0.00780 e. The first-order chi connectivity index (χ1) is 16.4. The van der Waals surface area contributed by atoms with Crippen molar-refractivity contribution in [2.75, 3.05) is 6.54 Å². The number of allylic oxidation sites excluding steroid dienone is 7. The van der Waals surface area contributed by atoms with Gasteiger partial charge in [-0.1, -0.05) is 107 Å². The highest BCUT2D eigenvalue weighted by atomic mass is 14.9. The minimum absolute atomic E-state index is 0.445. The second-order valence-electron chi connectivity index (χ2n) is 11.0. The van der Waals surface area contributed by atoms with E-state index in [4.69, 9.17) is 0 Å². The van der Waals surface area contributed by atoms with Crippen molar-refractivity contribution in [1.29, 1.82) is 0 Å². The van der Waals surface area contributed by atoms with Crippen molar-refractivity contribution in [2.24, 2.45) is 11.3 Å². The normalized spacial score (nSPS) is 23.9. The molecule has 0 aliphatic heterocycles. The Kier molecular flexibility index (Phi) is 12.7. The van der Waals surface area contributed by atoms with Gasteiger partial charge in [-0.25, -0.2) is 0 Å². The van der Waals surface area contributed by atoms with Gasteiger partial charge in [0.1, 0.15) is 0 Å². The number of rotatable bonds is 14. The molecule has 3 unspecified atom stereocenters. The zero-order chi connectivity index (χ0) is 24.8. The zero-order valence-corrected chi connectivity index (χ0v) is 22.8. The summed E-state index contributed by atoms with van der Waals surface area (Å²) in [6, 6.07) is 11.9. The Balaban J connectivity index is 2.02. The van der Waals surface area contributed by atoms with Crippen LogP contribution in [0.5, 0.6) is 0 Å². The second-order valence-corrected chi connectivity index (χ2v) is 11.0. The molecule has 0 amide bonds. The summed E-state index contributed by atoms with van der Waals surface area (Å²) in [6.07, 6.45) is 22.4. The van der Waals surface area contributed by atoms with E-state index in [0.717, 1.165) is 19.4 Å². The molecular weight excluding hydrogens is 410 g/mol. The van der Waals surface area contributed by atoms with Gasteiger partial charge < -0.3 is 5.32 Å². The Morgan fingerprint density at radius 3 is 2.53 bits per heavy atom. The number of nitrogens with one attached hydrogen (secondary N) is 1. The standard InChI is InChI=1S/C33H51N/c1-7-15-29(23-27(4)5)18-13-16-28(6)17-14-22-33(21-8-2)25-31(24-32(26-33)34-9-3)30-19-11-10-12-20-30/h7,10-13,15-16,18-20,27,31-32,34H,6,8-9,14,17,21-26H2,1-5H3/b15-7-,16-13+,29-18+. The first-order valence-corrected chi connectivity index (χ1v) is 13.9. The molecule has 0 heterocycles. The lowest BCUT2D eigenvalue weighted by molar-refractivity contribution is 0.109. The van der Waals surface area contributed by atoms with Gasteiger partial charge in [-0.15, -0.1) is 0 Å². The van der Waals surface area contributed by atoms with Gasteiger partial charge >= 0.3 is 0 Å². The van der Waals surface area contributed by atoms with Crippen LogP contribution in [-0.2, 0) is 0 Å². The second kappa shape index (κ2) is 15.2. The Morgan fingerprint density at radius 2 is 1.88 bits per heavy atom. The van der Waals surface area contributed by atoms with Crippen LogP contribution in [0, 0.1) is 11.3 Å². The van der Waals surface area contributed by atoms with Crippen molar-refractivity contribution in [2.45, 2.75) is 104 Å². The monoisotopic (exact) mass is 461 g/mol. The highest BCUT2D eigenvalue weighted by Crippen LogP contribution is 2.49. The van der Waals surface area contributed by atoms with E-state index >= 15 is 0 Å². The summed E-state index contributed by atoms with van der Waals surface area (Å²) in [5, 5.41) is 3.82. The number of benzene rings is 1. The molecule has 34 heavy (non-hydrogen) atoms. The van der Waals surface area contributed by atoms with Gasteiger partial charge in [-0.05, 0) is 93.2 Å². The van der Waals surface area contributed by atoms with Gasteiger partial charge in [0.25, 0.3) is 0 Å². The molecule has 188 valence electrons. The fourth-order valence-corrected chi connectivity index (χ4v) is 6.08. The van der Waals surface area contributed by atoms with Crippen molar-refractivity contribution < 1.29 is 0 Å². The lowest BCUT2D eigenvalue weighted by atomic mass is 9.62. The summed E-state index contributed by atoms with van der Waals surface area (Å²) in [5.41, 5.74) is 4.63. The van der Waals surface area contributed by atoms with Gasteiger partial charge in [0.2, 0.25) is 0 Å². The van der Waals surface area contributed by atoms with E-state index in [9.17, 15) is 0 Å². The third-order valence-corrected chi connectivity index (χ3v) is 7.34. The van der Waals surface area contributed by atoms with Crippen LogP contribution in [0.15, 0.2) is 78.4 Å². The van der Waals surface area contributed by atoms with Gasteiger partial charge in [-0.2, -0.15) is 0 Å². The smallest absolute Gasteiger partial charge is 0.00780 e. The molecule has 2 rings (SSSR count). The van der Waals surface area contributed by atoms with Crippen molar-refractivity contribution in [3.8, 4) is 0 Å². The maximum atomic E-state index is 4.37. The van der Waals surface area contributed by atoms with Crippen molar-refractivity contribution >= 4 is 0 Å². The summed E-state index contributed by atoms with van der Waals surface area (Å²) in [7, 11) is 0. The summed E-state index contributed by atoms with van der Waals surface area (Å²) in [4.78, 5) is 0. The van der Waals surface area contributed by atoms with Crippen LogP contribution >= 0.6 is 0 Å². The molecular formula is C33H51N. The quantitative estimate of drug-likeness (QED) is 0.272. The third-order valence-electron chi connectivity index (χ3n) is 7.34. The molecule has 0 spiro atoms. The van der Waals surface area contributed by atoms with Crippen LogP contribution in [0.4, 0.5) is 0 Å². The van der Waals surface area contributed by atoms with Crippen LogP contribution in [0.3, 0.4) is 0 Å². The fourth-order valence-electron chi connectivity index (χ4n) is 6.08. The zero-order valence-electron chi connectivity index (χ0n) is 22.8. The topological polar surface area (TPSA) is 12.0 Å². The van der Waals surface area contributed by atoms with E-state index in [1.165, 1.54) is 61.7 Å². The Labute approximate surface area is 211 Å². The largest absolute Gasteiger partial charge is 0.314 e. The first kappa shape index (κ1) is 28.4. The van der Waals surface area contributed by atoms with Gasteiger partial charge in [0.15, 0.2) is 0 Å². The number of hydrogen-bond acceptors (Lipinski definition) is 1. The lowest BCUT2D eigenvalue weighted by Crippen LogP contribution is -2.42. The Bertz CT molecular complexity index is 797. The summed E-state index contributed by atoms with van der Waals surface area (Å²) < 4.78 is 0. The van der Waals surface area contributed by atoms with Crippen LogP contribution in [0.2, 0.25) is 0 Å². The molecule has 1 fully saturated rings. The SMILES string of the molecule is C=C(/C=C/C=C(\C=C/C)CC(C)C)CCCC1(CCC)CC(NCC)CC(c2ccccc2)C1. The molecule has 1 aromatic carbocycles. The van der Waals surface area contributed by atoms with E-state index in [2.05, 4.69) is 107 Å². The fraction of sp³-hybridized carbons (Fsp3) is 0.576. The van der Waals surface area contributed by atoms with E-state index in [1.807, 2.05) is 0 Å². The molecule has 1 aliphatic carbocycles. The Hall–Kier alpha value is -1.86. The minimum Gasteiger partial charge on any atom is -0.314 e. The summed E-state index contributed by atoms with van der Waals surface area (Å²) in [6.45, 7) is 16.7. The Morgan fingerprint density at radius 1 is 1.12 bits per heavy atom. The van der Waals surface area contributed by atoms with E-state index in [1.54, 1.807) is 0 Å². The maximum absolute atomic E-state index is 4.37. The minimum atomic E-state index is 0.445. The predicted octanol–water partition coefficient (Wildman–Crippen LogP) is 9.55. The molecule has 1 aromatic rings. The molecule has 0 saturated heterocycles. The highest BCUT2D eigenvalue weighted by Gasteiger charge is 2.39. The molecule has 3 atom stereocenters. The van der Waals surface area contributed by atoms with Crippen LogP contribution < -0.4 is 5.32 Å². The van der Waals surface area contributed by atoms with E-state index in [0.29, 0.717) is 23.3 Å². The first-order valence-electron chi connectivity index (χ1n) is 13.9. The molecule has 0 bridgehead atoms. The molecule has 1 nitrogen and oxygen atoms in total. The van der Waals surface area contributed by atoms with Crippen molar-refractivity contribution in [1.82, 2.24) is 5.32 Å². The van der Waals surface area contributed by atoms with Gasteiger partial charge in [0, 0.05) is 6.04 Å². The van der Waals surface area contributed by atoms with Gasteiger partial charge in [-0.3, -0.25) is 0 Å².